The van der Waals surface area contributed by atoms with Gasteiger partial charge in [0.05, 0.1) is 0 Å². The fourth-order valence-corrected chi connectivity index (χ4v) is 2.54. The molecular weight excluding hydrogens is 276 g/mol. The van der Waals surface area contributed by atoms with Crippen molar-refractivity contribution in [2.45, 2.75) is 12.5 Å². The number of aliphatic hydroxyl groups is 1. The molecule has 0 bridgehead atoms. The molecule has 4 heteroatoms. The molecule has 0 spiro atoms. The maximum absolute atomic E-state index is 12.0. The fraction of sp³-hybridized carbons (Fsp3) is 0.167. The minimum atomic E-state index is -1.12. The van der Waals surface area contributed by atoms with Gasteiger partial charge in [0.25, 0.3) is 5.91 Å². The number of benzene rings is 2. The first kappa shape index (κ1) is 14.4. The second kappa shape index (κ2) is 6.45. The van der Waals surface area contributed by atoms with E-state index < -0.39 is 6.10 Å². The van der Waals surface area contributed by atoms with Crippen molar-refractivity contribution in [3.63, 3.8) is 0 Å². The summed E-state index contributed by atoms with van der Waals surface area (Å²) in [5, 5.41) is 13.9. The average Bonchev–Trinajstić information content (AvgIpc) is 2.98. The number of aromatic nitrogens is 1. The third-order valence-electron chi connectivity index (χ3n) is 3.73. The zero-order valence-corrected chi connectivity index (χ0v) is 12.1. The number of hydrogen-bond acceptors (Lipinski definition) is 2. The van der Waals surface area contributed by atoms with Crippen LogP contribution in [0.2, 0.25) is 0 Å². The van der Waals surface area contributed by atoms with Gasteiger partial charge in [-0.05, 0) is 23.6 Å². The number of aliphatic hydroxyl groups excluding tert-OH is 1. The number of hydrogen-bond donors (Lipinski definition) is 3. The number of aromatic amines is 1. The monoisotopic (exact) mass is 294 g/mol. The molecule has 0 aliphatic rings. The summed E-state index contributed by atoms with van der Waals surface area (Å²) in [7, 11) is 0. The summed E-state index contributed by atoms with van der Waals surface area (Å²) in [6.45, 7) is 0.491. The van der Waals surface area contributed by atoms with Crippen molar-refractivity contribution in [3.8, 4) is 0 Å². The number of amides is 1. The molecule has 1 heterocycles. The Balaban J connectivity index is 1.58. The first-order valence-corrected chi connectivity index (χ1v) is 7.31. The summed E-state index contributed by atoms with van der Waals surface area (Å²) in [5.74, 6) is -0.369. The topological polar surface area (TPSA) is 65.1 Å². The molecular formula is C18H18N2O2. The molecule has 0 fully saturated rings. The minimum absolute atomic E-state index is 0.369. The molecule has 0 aliphatic carbocycles. The number of carbonyl (C=O) groups is 1. The van der Waals surface area contributed by atoms with Crippen molar-refractivity contribution in [1.29, 1.82) is 0 Å². The fourth-order valence-electron chi connectivity index (χ4n) is 2.54. The van der Waals surface area contributed by atoms with Gasteiger partial charge in [-0.15, -0.1) is 0 Å². The molecule has 4 nitrogen and oxygen atoms in total. The molecule has 3 aromatic rings. The largest absolute Gasteiger partial charge is 0.378 e. The molecule has 3 N–H and O–H groups in total. The Hall–Kier alpha value is -2.59. The number of H-pyrrole nitrogens is 1. The van der Waals surface area contributed by atoms with Gasteiger partial charge in [-0.2, -0.15) is 0 Å². The lowest BCUT2D eigenvalue weighted by molar-refractivity contribution is -0.129. The van der Waals surface area contributed by atoms with Gasteiger partial charge < -0.3 is 15.4 Å². The van der Waals surface area contributed by atoms with Gasteiger partial charge in [0.2, 0.25) is 0 Å². The second-order valence-electron chi connectivity index (χ2n) is 5.21. The second-order valence-corrected chi connectivity index (χ2v) is 5.21. The zero-order chi connectivity index (χ0) is 15.4. The van der Waals surface area contributed by atoms with Crippen LogP contribution in [0.1, 0.15) is 17.2 Å². The quantitative estimate of drug-likeness (QED) is 0.677. The number of para-hydroxylation sites is 1. The molecule has 22 heavy (non-hydrogen) atoms. The molecule has 1 atom stereocenters. The highest BCUT2D eigenvalue weighted by molar-refractivity contribution is 5.83. The molecule has 3 rings (SSSR count). The molecule has 1 amide bonds. The average molecular weight is 294 g/mol. The van der Waals surface area contributed by atoms with Crippen LogP contribution in [0, 0.1) is 0 Å². The lowest BCUT2D eigenvalue weighted by atomic mass is 10.1. The Morgan fingerprint density at radius 3 is 2.64 bits per heavy atom. The number of nitrogens with one attached hydrogen (secondary N) is 2. The zero-order valence-electron chi connectivity index (χ0n) is 12.1. The van der Waals surface area contributed by atoms with Gasteiger partial charge >= 0.3 is 0 Å². The van der Waals surface area contributed by atoms with Crippen LogP contribution in [0.15, 0.2) is 60.8 Å². The molecule has 0 saturated carbocycles. The number of rotatable bonds is 5. The first-order valence-electron chi connectivity index (χ1n) is 7.31. The van der Waals surface area contributed by atoms with Crippen molar-refractivity contribution in [2.75, 3.05) is 6.54 Å². The Morgan fingerprint density at radius 2 is 1.82 bits per heavy atom. The molecule has 1 aromatic heterocycles. The van der Waals surface area contributed by atoms with Crippen molar-refractivity contribution in [1.82, 2.24) is 10.3 Å². The molecule has 1 unspecified atom stereocenters. The number of fused-ring (bicyclic) bond motifs is 1. The third-order valence-corrected chi connectivity index (χ3v) is 3.73. The lowest BCUT2D eigenvalue weighted by Crippen LogP contribution is -2.30. The van der Waals surface area contributed by atoms with Crippen LogP contribution < -0.4 is 5.32 Å². The Labute approximate surface area is 128 Å². The van der Waals surface area contributed by atoms with E-state index in [2.05, 4.69) is 16.4 Å². The van der Waals surface area contributed by atoms with Crippen LogP contribution in [0.5, 0.6) is 0 Å². The summed E-state index contributed by atoms with van der Waals surface area (Å²) in [6, 6.07) is 17.0. The van der Waals surface area contributed by atoms with E-state index in [4.69, 9.17) is 0 Å². The van der Waals surface area contributed by atoms with Crippen LogP contribution in [0.4, 0.5) is 0 Å². The van der Waals surface area contributed by atoms with Gasteiger partial charge in [-0.25, -0.2) is 0 Å². The molecule has 0 radical (unpaired) electrons. The van der Waals surface area contributed by atoms with E-state index in [1.165, 1.54) is 5.39 Å². The van der Waals surface area contributed by atoms with E-state index in [0.717, 1.165) is 17.5 Å². The highest BCUT2D eigenvalue weighted by Crippen LogP contribution is 2.18. The van der Waals surface area contributed by atoms with E-state index in [1.54, 1.807) is 24.3 Å². The SMILES string of the molecule is O=C(NCCc1c[nH]c2ccccc12)C(O)c1ccccc1. The van der Waals surface area contributed by atoms with Crippen LogP contribution in [-0.4, -0.2) is 22.5 Å². The van der Waals surface area contributed by atoms with E-state index in [-0.39, 0.29) is 5.91 Å². The van der Waals surface area contributed by atoms with Crippen LogP contribution >= 0.6 is 0 Å². The van der Waals surface area contributed by atoms with Gasteiger partial charge in [0.15, 0.2) is 6.10 Å². The Bertz CT molecular complexity index is 765. The maximum atomic E-state index is 12.0. The van der Waals surface area contributed by atoms with Gasteiger partial charge in [-0.1, -0.05) is 48.5 Å². The summed E-state index contributed by atoms with van der Waals surface area (Å²) in [6.07, 6.45) is 1.56. The summed E-state index contributed by atoms with van der Waals surface area (Å²) >= 11 is 0. The summed E-state index contributed by atoms with van der Waals surface area (Å²) < 4.78 is 0. The first-order chi connectivity index (χ1) is 10.8. The Morgan fingerprint density at radius 1 is 1.09 bits per heavy atom. The minimum Gasteiger partial charge on any atom is -0.378 e. The smallest absolute Gasteiger partial charge is 0.253 e. The van der Waals surface area contributed by atoms with Gasteiger partial charge in [0.1, 0.15) is 0 Å². The van der Waals surface area contributed by atoms with Gasteiger partial charge in [0, 0.05) is 23.6 Å². The van der Waals surface area contributed by atoms with E-state index in [9.17, 15) is 9.90 Å². The van der Waals surface area contributed by atoms with Crippen molar-refractivity contribution in [2.24, 2.45) is 0 Å². The molecule has 112 valence electrons. The van der Waals surface area contributed by atoms with E-state index in [0.29, 0.717) is 12.1 Å². The lowest BCUT2D eigenvalue weighted by Gasteiger charge is -2.11. The van der Waals surface area contributed by atoms with Crippen LogP contribution in [-0.2, 0) is 11.2 Å². The normalized spacial score (nSPS) is 12.2. The van der Waals surface area contributed by atoms with Crippen molar-refractivity contribution >= 4 is 16.8 Å². The van der Waals surface area contributed by atoms with Crippen LogP contribution in [0.3, 0.4) is 0 Å². The predicted octanol–water partition coefficient (Wildman–Crippen LogP) is 2.56. The third kappa shape index (κ3) is 3.02. The summed E-state index contributed by atoms with van der Waals surface area (Å²) in [4.78, 5) is 15.2. The predicted molar refractivity (Wildman–Crippen MR) is 86.4 cm³/mol. The molecule has 0 saturated heterocycles. The Kier molecular flexibility index (Phi) is 4.21. The van der Waals surface area contributed by atoms with Crippen molar-refractivity contribution in [3.05, 3.63) is 71.9 Å². The number of carbonyl (C=O) groups excluding carboxylic acids is 1. The maximum Gasteiger partial charge on any atom is 0.253 e. The van der Waals surface area contributed by atoms with Gasteiger partial charge in [-0.3, -0.25) is 4.79 Å². The molecule has 2 aromatic carbocycles. The van der Waals surface area contributed by atoms with Crippen LogP contribution in [0.25, 0.3) is 10.9 Å². The standard InChI is InChI=1S/C18H18N2O2/c21-17(13-6-2-1-3-7-13)18(22)19-11-10-14-12-20-16-9-5-4-8-15(14)16/h1-9,12,17,20-21H,10-11H2,(H,19,22). The van der Waals surface area contributed by atoms with Crippen molar-refractivity contribution < 1.29 is 9.90 Å². The molecule has 0 aliphatic heterocycles. The highest BCUT2D eigenvalue weighted by Gasteiger charge is 2.16. The highest BCUT2D eigenvalue weighted by atomic mass is 16.3. The van der Waals surface area contributed by atoms with E-state index in [1.807, 2.05) is 30.5 Å². The van der Waals surface area contributed by atoms with E-state index >= 15 is 0 Å². The summed E-state index contributed by atoms with van der Waals surface area (Å²) in [5.41, 5.74) is 2.85.